The van der Waals surface area contributed by atoms with Crippen LogP contribution in [0.4, 0.5) is 8.78 Å². The number of hydrogen-bond acceptors (Lipinski definition) is 5. The molecule has 0 unspecified atom stereocenters. The minimum absolute atomic E-state index is 0.132. The maximum Gasteiger partial charge on any atom is 0.320 e. The molecule has 0 spiro atoms. The Morgan fingerprint density at radius 3 is 2.29 bits per heavy atom. The Balaban J connectivity index is 1.56. The van der Waals surface area contributed by atoms with E-state index in [4.69, 9.17) is 14.2 Å². The van der Waals surface area contributed by atoms with Crippen LogP contribution < -0.4 is 14.8 Å². The molecule has 0 aliphatic heterocycles. The van der Waals surface area contributed by atoms with Gasteiger partial charge in [-0.05, 0) is 55.7 Å². The summed E-state index contributed by atoms with van der Waals surface area (Å²) < 4.78 is 43.5. The van der Waals surface area contributed by atoms with E-state index in [1.54, 1.807) is 24.3 Å². The number of halogens is 2. The third-order valence-corrected chi connectivity index (χ3v) is 4.82. The molecule has 0 bridgehead atoms. The van der Waals surface area contributed by atoms with E-state index in [0.29, 0.717) is 30.0 Å². The molecule has 3 aromatic carbocycles. The van der Waals surface area contributed by atoms with Crippen LogP contribution in [0.3, 0.4) is 0 Å². The van der Waals surface area contributed by atoms with E-state index in [1.165, 1.54) is 7.11 Å². The molecule has 0 aliphatic carbocycles. The average Bonchev–Trinajstić information content (AvgIpc) is 2.78. The first kappa shape index (κ1) is 25.2. The van der Waals surface area contributed by atoms with Gasteiger partial charge in [-0.3, -0.25) is 4.79 Å². The minimum atomic E-state index is -0.956. The molecular weight excluding hydrogens is 440 g/mol. The van der Waals surface area contributed by atoms with E-state index >= 15 is 0 Å². The third kappa shape index (κ3) is 7.28. The van der Waals surface area contributed by atoms with Crippen molar-refractivity contribution in [1.82, 2.24) is 5.32 Å². The van der Waals surface area contributed by atoms with Crippen molar-refractivity contribution in [3.8, 4) is 22.6 Å². The molecule has 180 valence electrons. The zero-order chi connectivity index (χ0) is 24.7. The summed E-state index contributed by atoms with van der Waals surface area (Å²) in [5.74, 6) is -1.29. The topological polar surface area (TPSA) is 56.8 Å². The number of ether oxygens (including phenoxy) is 3. The molecule has 0 saturated carbocycles. The highest BCUT2D eigenvalue weighted by molar-refractivity contribution is 5.72. The van der Waals surface area contributed by atoms with Gasteiger partial charge in [0.05, 0.1) is 13.7 Å². The van der Waals surface area contributed by atoms with Crippen molar-refractivity contribution in [3.63, 3.8) is 0 Å². The number of carbonyl (C=O) groups excluding carboxylic acids is 1. The first-order valence-electron chi connectivity index (χ1n) is 10.9. The summed E-state index contributed by atoms with van der Waals surface area (Å²) in [4.78, 5) is 11.8. The van der Waals surface area contributed by atoms with Crippen LogP contribution >= 0.6 is 0 Å². The van der Waals surface area contributed by atoms with Gasteiger partial charge in [-0.25, -0.2) is 8.78 Å². The molecular formula is C27H29F2NO4. The van der Waals surface area contributed by atoms with Gasteiger partial charge in [0.1, 0.15) is 23.7 Å². The molecule has 0 heterocycles. The highest BCUT2D eigenvalue weighted by Gasteiger charge is 2.15. The summed E-state index contributed by atoms with van der Waals surface area (Å²) in [5.41, 5.74) is 2.63. The lowest BCUT2D eigenvalue weighted by molar-refractivity contribution is -0.153. The molecule has 0 atom stereocenters. The van der Waals surface area contributed by atoms with Gasteiger partial charge in [0, 0.05) is 18.2 Å². The van der Waals surface area contributed by atoms with Crippen molar-refractivity contribution >= 4 is 5.97 Å². The molecule has 0 aromatic heterocycles. The number of hydrogen-bond donors (Lipinski definition) is 1. The van der Waals surface area contributed by atoms with Crippen LogP contribution in [0.1, 0.15) is 31.9 Å². The van der Waals surface area contributed by atoms with Gasteiger partial charge in [-0.15, -0.1) is 0 Å². The minimum Gasteiger partial charge on any atom is -0.496 e. The molecule has 0 aliphatic rings. The lowest BCUT2D eigenvalue weighted by Gasteiger charge is -2.19. The zero-order valence-electron chi connectivity index (χ0n) is 19.8. The summed E-state index contributed by atoms with van der Waals surface area (Å²) in [5, 5.41) is 3.09. The number of benzene rings is 3. The third-order valence-electron chi connectivity index (χ3n) is 4.82. The normalized spacial score (nSPS) is 11.2. The van der Waals surface area contributed by atoms with E-state index < -0.39 is 17.2 Å². The van der Waals surface area contributed by atoms with Crippen LogP contribution in [0.15, 0.2) is 60.7 Å². The van der Waals surface area contributed by atoms with Gasteiger partial charge < -0.3 is 19.5 Å². The number of rotatable bonds is 9. The van der Waals surface area contributed by atoms with Crippen LogP contribution in [-0.2, 0) is 22.7 Å². The molecule has 0 amide bonds. The Kier molecular flexibility index (Phi) is 8.23. The molecule has 0 saturated heterocycles. The Morgan fingerprint density at radius 1 is 0.941 bits per heavy atom. The second-order valence-corrected chi connectivity index (χ2v) is 8.79. The summed E-state index contributed by atoms with van der Waals surface area (Å²) in [6.45, 7) is 6.52. The van der Waals surface area contributed by atoms with Crippen molar-refractivity contribution in [2.24, 2.45) is 0 Å². The Hall–Kier alpha value is -3.45. The van der Waals surface area contributed by atoms with Crippen LogP contribution in [0.25, 0.3) is 11.1 Å². The van der Waals surface area contributed by atoms with Crippen LogP contribution in [0, 0.1) is 11.6 Å². The maximum atomic E-state index is 13.7. The van der Waals surface area contributed by atoms with Gasteiger partial charge in [-0.2, -0.15) is 0 Å². The predicted octanol–water partition coefficient (Wildman–Crippen LogP) is 5.65. The van der Waals surface area contributed by atoms with Gasteiger partial charge in [0.2, 0.25) is 0 Å². The highest BCUT2D eigenvalue weighted by atomic mass is 19.2. The van der Waals surface area contributed by atoms with Crippen LogP contribution in [0.5, 0.6) is 11.5 Å². The van der Waals surface area contributed by atoms with Crippen molar-refractivity contribution in [2.75, 3.05) is 13.7 Å². The fourth-order valence-corrected chi connectivity index (χ4v) is 3.34. The second-order valence-electron chi connectivity index (χ2n) is 8.79. The van der Waals surface area contributed by atoms with Crippen molar-refractivity contribution in [2.45, 2.75) is 39.5 Å². The highest BCUT2D eigenvalue weighted by Crippen LogP contribution is 2.33. The Morgan fingerprint density at radius 2 is 1.62 bits per heavy atom. The van der Waals surface area contributed by atoms with Gasteiger partial charge >= 0.3 is 5.97 Å². The van der Waals surface area contributed by atoms with Crippen LogP contribution in [0.2, 0.25) is 0 Å². The number of nitrogens with one attached hydrogen (secondary N) is 1. The largest absolute Gasteiger partial charge is 0.496 e. The van der Waals surface area contributed by atoms with Crippen LogP contribution in [-0.4, -0.2) is 25.2 Å². The maximum absolute atomic E-state index is 13.7. The standard InChI is InChI=1S/C27H29F2NO4/c1-27(2,3)34-26(31)16-30-15-18-6-5-7-19(12-18)17-33-21-10-8-20(9-11-21)22-13-23(28)24(29)14-25(22)32-4/h5-14,30H,15-17H2,1-4H3. The van der Waals surface area contributed by atoms with E-state index in [1.807, 2.05) is 45.0 Å². The van der Waals surface area contributed by atoms with E-state index in [9.17, 15) is 13.6 Å². The molecule has 1 N–H and O–H groups in total. The average molecular weight is 470 g/mol. The summed E-state index contributed by atoms with van der Waals surface area (Å²) >= 11 is 0. The SMILES string of the molecule is COc1cc(F)c(F)cc1-c1ccc(OCc2cccc(CNCC(=O)OC(C)(C)C)c2)cc1. The predicted molar refractivity (Wildman–Crippen MR) is 127 cm³/mol. The number of methoxy groups -OCH3 is 1. The first-order chi connectivity index (χ1) is 16.1. The summed E-state index contributed by atoms with van der Waals surface area (Å²) in [6, 6.07) is 17.1. The van der Waals surface area contributed by atoms with Gasteiger partial charge in [0.25, 0.3) is 0 Å². The monoisotopic (exact) mass is 469 g/mol. The molecule has 7 heteroatoms. The number of esters is 1. The molecule has 34 heavy (non-hydrogen) atoms. The van der Waals surface area contributed by atoms with Gasteiger partial charge in [0.15, 0.2) is 11.6 Å². The summed E-state index contributed by atoms with van der Waals surface area (Å²) in [7, 11) is 1.41. The van der Waals surface area contributed by atoms with E-state index in [2.05, 4.69) is 5.32 Å². The number of carbonyl (C=O) groups is 1. The van der Waals surface area contributed by atoms with Gasteiger partial charge in [-0.1, -0.05) is 36.4 Å². The molecule has 0 radical (unpaired) electrons. The quantitative estimate of drug-likeness (QED) is 0.411. The molecule has 3 rings (SSSR count). The zero-order valence-corrected chi connectivity index (χ0v) is 19.8. The first-order valence-corrected chi connectivity index (χ1v) is 10.9. The van der Waals surface area contributed by atoms with Crippen molar-refractivity contribution in [1.29, 1.82) is 0 Å². The van der Waals surface area contributed by atoms with Crippen molar-refractivity contribution in [3.05, 3.63) is 83.4 Å². The van der Waals surface area contributed by atoms with E-state index in [0.717, 1.165) is 23.3 Å². The smallest absolute Gasteiger partial charge is 0.320 e. The lowest BCUT2D eigenvalue weighted by Crippen LogP contribution is -2.31. The van der Waals surface area contributed by atoms with E-state index in [-0.39, 0.29) is 18.3 Å². The summed E-state index contributed by atoms with van der Waals surface area (Å²) in [6.07, 6.45) is 0. The van der Waals surface area contributed by atoms with Crippen molar-refractivity contribution < 1.29 is 27.8 Å². The molecule has 5 nitrogen and oxygen atoms in total. The Bertz CT molecular complexity index is 1120. The fraction of sp³-hybridized carbons (Fsp3) is 0.296. The fourth-order valence-electron chi connectivity index (χ4n) is 3.34. The lowest BCUT2D eigenvalue weighted by atomic mass is 10.0. The molecule has 0 fully saturated rings. The Labute approximate surface area is 198 Å². The second kappa shape index (κ2) is 11.1. The molecule has 3 aromatic rings.